The van der Waals surface area contributed by atoms with Crippen LogP contribution in [0.2, 0.25) is 0 Å². The second-order valence-electron chi connectivity index (χ2n) is 2.45. The fourth-order valence-electron chi connectivity index (χ4n) is 1.07. The topological polar surface area (TPSA) is 56.1 Å². The van der Waals surface area contributed by atoms with Crippen LogP contribution in [0.25, 0.3) is 0 Å². The molecular weight excluding hydrogens is 130 g/mol. The number of nitrogens with zero attached hydrogens (tertiary/aromatic N) is 1. The van der Waals surface area contributed by atoms with E-state index >= 15 is 0 Å². The van der Waals surface area contributed by atoms with E-state index in [9.17, 15) is 4.79 Å². The van der Waals surface area contributed by atoms with Crippen molar-refractivity contribution in [3.63, 3.8) is 0 Å². The van der Waals surface area contributed by atoms with E-state index in [1.807, 2.05) is 4.90 Å². The average Bonchev–Trinajstić information content (AvgIpc) is 1.88. The Morgan fingerprint density at radius 1 is 1.50 bits per heavy atom. The van der Waals surface area contributed by atoms with Crippen molar-refractivity contribution < 1.29 is 4.79 Å². The molecule has 0 aliphatic carbocycles. The first-order valence-electron chi connectivity index (χ1n) is 3.46. The van der Waals surface area contributed by atoms with Gasteiger partial charge in [0.05, 0.1) is 6.54 Å². The lowest BCUT2D eigenvalue weighted by atomic mass is 10.3. The molecule has 4 nitrogen and oxygen atoms in total. The number of nitrogens with one attached hydrogen (secondary N) is 2. The molecule has 0 aromatic rings. The third-order valence-corrected chi connectivity index (χ3v) is 1.58. The van der Waals surface area contributed by atoms with E-state index in [-0.39, 0.29) is 0 Å². The van der Waals surface area contributed by atoms with E-state index in [1.54, 1.807) is 0 Å². The molecule has 0 aromatic heterocycles. The molecule has 10 heavy (non-hydrogen) atoms. The van der Waals surface area contributed by atoms with Gasteiger partial charge in [-0.25, -0.2) is 0 Å². The van der Waals surface area contributed by atoms with Crippen molar-refractivity contribution in [1.82, 2.24) is 16.0 Å². The second kappa shape index (κ2) is 3.53. The van der Waals surface area contributed by atoms with E-state index < -0.39 is 5.91 Å². The highest BCUT2D eigenvalue weighted by Gasteiger charge is 2.10. The van der Waals surface area contributed by atoms with Gasteiger partial charge in [-0.05, 0) is 0 Å². The highest BCUT2D eigenvalue weighted by atomic mass is 16.1. The molecule has 1 aliphatic heterocycles. The maximum Gasteiger partial charge on any atom is 0.252 e. The van der Waals surface area contributed by atoms with Gasteiger partial charge in [0.25, 0.3) is 5.91 Å². The van der Waals surface area contributed by atoms with Gasteiger partial charge in [0.1, 0.15) is 0 Å². The van der Waals surface area contributed by atoms with E-state index in [4.69, 9.17) is 5.73 Å². The third kappa shape index (κ3) is 2.33. The lowest BCUT2D eigenvalue weighted by molar-refractivity contribution is -0.119. The van der Waals surface area contributed by atoms with Crippen LogP contribution in [-0.4, -0.2) is 43.5 Å². The molecule has 1 radical (unpaired) electrons. The number of carbonyl (C=O) groups excluding carboxylic acids is 1. The lowest BCUT2D eigenvalue weighted by Gasteiger charge is -2.25. The molecule has 2 N–H and O–H groups in total. The summed E-state index contributed by atoms with van der Waals surface area (Å²) in [6, 6.07) is 0. The summed E-state index contributed by atoms with van der Waals surface area (Å²) in [5, 5.41) is 3.17. The number of hydrogen-bond acceptors (Lipinski definition) is 3. The van der Waals surface area contributed by atoms with Crippen molar-refractivity contribution in [2.24, 2.45) is 0 Å². The van der Waals surface area contributed by atoms with Gasteiger partial charge in [-0.15, -0.1) is 0 Å². The standard InChI is InChI=1S/C6H12N3O/c7-6(10)5-9-3-1-8-2-4-9/h7-8H,1-5H2. The minimum atomic E-state index is -0.484. The van der Waals surface area contributed by atoms with Crippen LogP contribution in [0, 0.1) is 0 Å². The van der Waals surface area contributed by atoms with Gasteiger partial charge in [0.15, 0.2) is 0 Å². The van der Waals surface area contributed by atoms with Crippen LogP contribution in [0.5, 0.6) is 0 Å². The van der Waals surface area contributed by atoms with Crippen molar-refractivity contribution in [1.29, 1.82) is 0 Å². The highest BCUT2D eigenvalue weighted by Crippen LogP contribution is 1.89. The van der Waals surface area contributed by atoms with Gasteiger partial charge in [0, 0.05) is 26.2 Å². The fraction of sp³-hybridized carbons (Fsp3) is 0.833. The van der Waals surface area contributed by atoms with Gasteiger partial charge in [-0.3, -0.25) is 15.4 Å². The van der Waals surface area contributed by atoms with Crippen molar-refractivity contribution in [2.75, 3.05) is 32.7 Å². The smallest absolute Gasteiger partial charge is 0.252 e. The number of hydrogen-bond donors (Lipinski definition) is 1. The summed E-state index contributed by atoms with van der Waals surface area (Å²) in [6.45, 7) is 3.96. The number of amides is 1. The zero-order chi connectivity index (χ0) is 7.40. The molecule has 57 valence electrons. The molecule has 4 heteroatoms. The molecule has 0 spiro atoms. The first kappa shape index (κ1) is 7.50. The lowest BCUT2D eigenvalue weighted by Crippen LogP contribution is -2.45. The zero-order valence-corrected chi connectivity index (χ0v) is 5.89. The maximum atomic E-state index is 10.3. The molecule has 0 atom stereocenters. The van der Waals surface area contributed by atoms with E-state index in [0.717, 1.165) is 26.2 Å². The molecule has 1 rings (SSSR count). The van der Waals surface area contributed by atoms with Crippen molar-refractivity contribution in [3.05, 3.63) is 0 Å². The van der Waals surface area contributed by atoms with Crippen molar-refractivity contribution in [2.45, 2.75) is 0 Å². The van der Waals surface area contributed by atoms with Crippen LogP contribution < -0.4 is 11.1 Å². The minimum Gasteiger partial charge on any atom is -0.314 e. The molecule has 1 heterocycles. The molecule has 1 aliphatic rings. The van der Waals surface area contributed by atoms with Crippen LogP contribution in [-0.2, 0) is 4.79 Å². The average molecular weight is 142 g/mol. The van der Waals surface area contributed by atoms with E-state index in [0.29, 0.717) is 6.54 Å². The summed E-state index contributed by atoms with van der Waals surface area (Å²) < 4.78 is 0. The zero-order valence-electron chi connectivity index (χ0n) is 5.89. The number of carbonyl (C=O) groups is 1. The van der Waals surface area contributed by atoms with Gasteiger partial charge < -0.3 is 5.32 Å². The SMILES string of the molecule is [NH]C(=O)CN1CCNCC1. The first-order chi connectivity index (χ1) is 4.79. The maximum absolute atomic E-state index is 10.3. The Balaban J connectivity index is 2.19. The van der Waals surface area contributed by atoms with Crippen LogP contribution in [0.1, 0.15) is 0 Å². The molecule has 0 bridgehead atoms. The van der Waals surface area contributed by atoms with Crippen LogP contribution in [0.4, 0.5) is 0 Å². The number of piperazine rings is 1. The summed E-state index contributed by atoms with van der Waals surface area (Å²) in [5.41, 5.74) is 6.71. The van der Waals surface area contributed by atoms with Crippen molar-refractivity contribution in [3.8, 4) is 0 Å². The molecule has 0 saturated carbocycles. The van der Waals surface area contributed by atoms with Gasteiger partial charge in [0.2, 0.25) is 0 Å². The summed E-state index contributed by atoms with van der Waals surface area (Å²) in [4.78, 5) is 12.3. The van der Waals surface area contributed by atoms with Crippen LogP contribution >= 0.6 is 0 Å². The van der Waals surface area contributed by atoms with E-state index in [2.05, 4.69) is 5.32 Å². The molecule has 1 saturated heterocycles. The van der Waals surface area contributed by atoms with Crippen LogP contribution in [0.3, 0.4) is 0 Å². The Hall–Kier alpha value is -0.610. The predicted octanol–water partition coefficient (Wildman–Crippen LogP) is -1.30. The van der Waals surface area contributed by atoms with Gasteiger partial charge in [-0.2, -0.15) is 0 Å². The Morgan fingerprint density at radius 3 is 2.60 bits per heavy atom. The van der Waals surface area contributed by atoms with E-state index in [1.165, 1.54) is 0 Å². The normalized spacial score (nSPS) is 20.8. The number of rotatable bonds is 2. The van der Waals surface area contributed by atoms with Gasteiger partial charge in [-0.1, -0.05) is 0 Å². The molecule has 0 aromatic carbocycles. The summed E-state index contributed by atoms with van der Waals surface area (Å²) in [6.07, 6.45) is 0. The first-order valence-corrected chi connectivity index (χ1v) is 3.46. The monoisotopic (exact) mass is 142 g/mol. The fourth-order valence-corrected chi connectivity index (χ4v) is 1.07. The third-order valence-electron chi connectivity index (χ3n) is 1.58. The Bertz CT molecular complexity index is 120. The Labute approximate surface area is 60.4 Å². The van der Waals surface area contributed by atoms with Gasteiger partial charge >= 0.3 is 0 Å². The minimum absolute atomic E-state index is 0.293. The molecule has 1 amide bonds. The quantitative estimate of drug-likeness (QED) is 0.521. The Morgan fingerprint density at radius 2 is 2.10 bits per heavy atom. The highest BCUT2D eigenvalue weighted by molar-refractivity contribution is 5.75. The molecule has 1 fully saturated rings. The molecular formula is C6H12N3O. The Kier molecular flexibility index (Phi) is 2.65. The predicted molar refractivity (Wildman–Crippen MR) is 37.4 cm³/mol. The summed E-state index contributed by atoms with van der Waals surface area (Å²) in [5.74, 6) is -0.484. The van der Waals surface area contributed by atoms with Crippen molar-refractivity contribution >= 4 is 5.91 Å². The summed E-state index contributed by atoms with van der Waals surface area (Å²) >= 11 is 0. The summed E-state index contributed by atoms with van der Waals surface area (Å²) in [7, 11) is 0. The van der Waals surface area contributed by atoms with Crippen LogP contribution in [0.15, 0.2) is 0 Å². The largest absolute Gasteiger partial charge is 0.314 e. The molecule has 0 unspecified atom stereocenters. The second-order valence-corrected chi connectivity index (χ2v) is 2.45.